The third kappa shape index (κ3) is 5.21. The number of fused-ring (bicyclic) bond motifs is 2. The number of carbonyl (C=O) groups is 1. The number of sulfonamides is 1. The van der Waals surface area contributed by atoms with Crippen molar-refractivity contribution in [2.24, 2.45) is 0 Å². The molecular formula is C27H27N3O6S. The number of nitrogens with zero attached hydrogens (tertiary/aromatic N) is 1. The van der Waals surface area contributed by atoms with Crippen LogP contribution in [0.1, 0.15) is 40.7 Å². The predicted molar refractivity (Wildman–Crippen MR) is 138 cm³/mol. The number of nitro groups is 1. The molecule has 0 aromatic heterocycles. The highest BCUT2D eigenvalue weighted by atomic mass is 32.2. The molecule has 0 saturated carbocycles. The average Bonchev–Trinajstić information content (AvgIpc) is 3.54. The van der Waals surface area contributed by atoms with Gasteiger partial charge in [-0.2, -0.15) is 4.72 Å². The Morgan fingerprint density at radius 1 is 0.946 bits per heavy atom. The van der Waals surface area contributed by atoms with E-state index in [1.54, 1.807) is 12.1 Å². The number of rotatable bonds is 8. The summed E-state index contributed by atoms with van der Waals surface area (Å²) < 4.78 is 28.9. The van der Waals surface area contributed by atoms with Gasteiger partial charge >= 0.3 is 0 Å². The van der Waals surface area contributed by atoms with E-state index in [1.165, 1.54) is 23.3 Å². The lowest BCUT2D eigenvalue weighted by Crippen LogP contribution is -2.45. The number of anilines is 1. The Kier molecular flexibility index (Phi) is 6.70. The van der Waals surface area contributed by atoms with E-state index in [2.05, 4.69) is 16.1 Å². The molecule has 2 aliphatic carbocycles. The minimum Gasteiger partial charge on any atom is -0.508 e. The molecule has 3 aromatic carbocycles. The molecule has 0 heterocycles. The van der Waals surface area contributed by atoms with Crippen molar-refractivity contribution < 1.29 is 23.2 Å². The molecule has 3 aromatic rings. The average molecular weight is 522 g/mol. The Labute approximate surface area is 214 Å². The first-order chi connectivity index (χ1) is 17.7. The smallest absolute Gasteiger partial charge is 0.269 e. The fraction of sp³-hybridized carbons (Fsp3) is 0.296. The molecule has 10 heteroatoms. The summed E-state index contributed by atoms with van der Waals surface area (Å²) >= 11 is 0. The van der Waals surface area contributed by atoms with E-state index in [9.17, 15) is 28.4 Å². The van der Waals surface area contributed by atoms with E-state index in [0.717, 1.165) is 79.6 Å². The van der Waals surface area contributed by atoms with Crippen molar-refractivity contribution in [3.8, 4) is 5.75 Å². The number of amides is 1. The Morgan fingerprint density at radius 3 is 2.11 bits per heavy atom. The zero-order valence-corrected chi connectivity index (χ0v) is 20.9. The second kappa shape index (κ2) is 9.95. The first-order valence-corrected chi connectivity index (χ1v) is 13.7. The maximum absolute atomic E-state index is 13.7. The summed E-state index contributed by atoms with van der Waals surface area (Å²) in [5.74, 6) is -0.417. The van der Waals surface area contributed by atoms with E-state index >= 15 is 0 Å². The van der Waals surface area contributed by atoms with Gasteiger partial charge in [-0.3, -0.25) is 14.9 Å². The van der Waals surface area contributed by atoms with Crippen molar-refractivity contribution in [3.63, 3.8) is 0 Å². The molecule has 0 aliphatic heterocycles. The topological polar surface area (TPSA) is 139 Å². The fourth-order valence-electron chi connectivity index (χ4n) is 5.24. The number of benzene rings is 3. The molecule has 2 aliphatic rings. The van der Waals surface area contributed by atoms with Crippen LogP contribution in [0.4, 0.5) is 11.4 Å². The van der Waals surface area contributed by atoms with Crippen LogP contribution in [0.3, 0.4) is 0 Å². The number of nitrogens with one attached hydrogen (secondary N) is 2. The lowest BCUT2D eigenvalue weighted by atomic mass is 9.98. The summed E-state index contributed by atoms with van der Waals surface area (Å²) in [5.41, 5.74) is 6.01. The molecule has 5 rings (SSSR count). The molecule has 0 radical (unpaired) electrons. The fourth-order valence-corrected chi connectivity index (χ4v) is 6.43. The Bertz CT molecular complexity index is 1440. The van der Waals surface area contributed by atoms with Gasteiger partial charge in [-0.1, -0.05) is 18.2 Å². The number of non-ortho nitro benzene ring substituents is 1. The number of nitro benzene ring substituents is 1. The number of aromatic hydroxyl groups is 1. The summed E-state index contributed by atoms with van der Waals surface area (Å²) in [6, 6.07) is 11.8. The molecule has 3 N–H and O–H groups in total. The molecule has 37 heavy (non-hydrogen) atoms. The normalized spacial score (nSPS) is 15.1. The Balaban J connectivity index is 1.46. The number of hydrogen-bond donors (Lipinski definition) is 3. The minimum absolute atomic E-state index is 0.0511. The van der Waals surface area contributed by atoms with E-state index in [4.69, 9.17) is 0 Å². The van der Waals surface area contributed by atoms with Gasteiger partial charge < -0.3 is 10.4 Å². The summed E-state index contributed by atoms with van der Waals surface area (Å²) in [4.78, 5) is 23.8. The van der Waals surface area contributed by atoms with Crippen LogP contribution in [0.15, 0.2) is 59.5 Å². The Morgan fingerprint density at radius 2 is 1.54 bits per heavy atom. The molecule has 1 atom stereocenters. The first kappa shape index (κ1) is 24.9. The first-order valence-electron chi connectivity index (χ1n) is 12.2. The molecule has 9 nitrogen and oxygen atoms in total. The third-order valence-corrected chi connectivity index (χ3v) is 8.56. The van der Waals surface area contributed by atoms with Gasteiger partial charge in [-0.05, 0) is 97.0 Å². The van der Waals surface area contributed by atoms with Gasteiger partial charge in [0.1, 0.15) is 11.8 Å². The van der Waals surface area contributed by atoms with Gasteiger partial charge in [0, 0.05) is 17.8 Å². The van der Waals surface area contributed by atoms with E-state index < -0.39 is 26.9 Å². The summed E-state index contributed by atoms with van der Waals surface area (Å²) in [6.07, 6.45) is 5.76. The maximum Gasteiger partial charge on any atom is 0.269 e. The zero-order valence-electron chi connectivity index (χ0n) is 20.1. The monoisotopic (exact) mass is 521 g/mol. The van der Waals surface area contributed by atoms with Crippen LogP contribution in [0.2, 0.25) is 0 Å². The van der Waals surface area contributed by atoms with Gasteiger partial charge in [-0.25, -0.2) is 8.42 Å². The van der Waals surface area contributed by atoms with Crippen molar-refractivity contribution in [1.29, 1.82) is 0 Å². The quantitative estimate of drug-likeness (QED) is 0.304. The van der Waals surface area contributed by atoms with Crippen LogP contribution in [0.5, 0.6) is 5.75 Å². The maximum atomic E-state index is 13.7. The lowest BCUT2D eigenvalue weighted by molar-refractivity contribution is -0.384. The van der Waals surface area contributed by atoms with E-state index in [1.807, 2.05) is 0 Å². The van der Waals surface area contributed by atoms with Gasteiger partial charge in [0.15, 0.2) is 0 Å². The van der Waals surface area contributed by atoms with E-state index in [0.29, 0.717) is 5.56 Å². The van der Waals surface area contributed by atoms with Crippen LogP contribution in [0.25, 0.3) is 0 Å². The van der Waals surface area contributed by atoms with Gasteiger partial charge in [0.25, 0.3) is 5.69 Å². The van der Waals surface area contributed by atoms with Crippen LogP contribution >= 0.6 is 0 Å². The highest BCUT2D eigenvalue weighted by Crippen LogP contribution is 2.38. The molecule has 1 amide bonds. The van der Waals surface area contributed by atoms with Crippen molar-refractivity contribution in [1.82, 2.24) is 4.72 Å². The van der Waals surface area contributed by atoms with Gasteiger partial charge in [0.05, 0.1) is 9.82 Å². The minimum atomic E-state index is -4.17. The van der Waals surface area contributed by atoms with E-state index in [-0.39, 0.29) is 22.8 Å². The zero-order chi connectivity index (χ0) is 26.2. The number of aryl methyl sites for hydroxylation is 2. The van der Waals surface area contributed by atoms with Gasteiger partial charge in [0.2, 0.25) is 15.9 Å². The molecule has 0 saturated heterocycles. The summed E-state index contributed by atoms with van der Waals surface area (Å²) in [7, 11) is -4.17. The standard InChI is InChI=1S/C27H27N3O6S/c31-21-11-7-17(8-12-21)15-25(29-37(35,36)22-13-9-20(10-14-22)30(33)34)27(32)28-26-23-5-1-3-18(23)16-19-4-2-6-24(19)26/h7-14,16,25,29,31H,1-6,15H2,(H,28,32). The molecule has 0 bridgehead atoms. The molecule has 192 valence electrons. The second-order valence-corrected chi connectivity index (χ2v) is 11.2. The van der Waals surface area contributed by atoms with Crippen molar-refractivity contribution in [3.05, 3.63) is 92.5 Å². The lowest BCUT2D eigenvalue weighted by Gasteiger charge is -2.22. The SMILES string of the molecule is O=C(Nc1c2c(cc3c1CCC3)CCC2)C(Cc1ccc(O)cc1)NS(=O)(=O)c1ccc([N+](=O)[O-])cc1. The largest absolute Gasteiger partial charge is 0.508 e. The number of phenolic OH excluding ortho intramolecular Hbond substituents is 1. The van der Waals surface area contributed by atoms with Gasteiger partial charge in [-0.15, -0.1) is 0 Å². The Hall–Kier alpha value is -3.76. The van der Waals surface area contributed by atoms with Crippen molar-refractivity contribution in [2.45, 2.75) is 55.9 Å². The molecule has 0 fully saturated rings. The van der Waals surface area contributed by atoms with Crippen LogP contribution in [0, 0.1) is 10.1 Å². The third-order valence-electron chi connectivity index (χ3n) is 7.07. The summed E-state index contributed by atoms with van der Waals surface area (Å²) in [5, 5.41) is 23.7. The van der Waals surface area contributed by atoms with Crippen LogP contribution in [-0.2, 0) is 46.9 Å². The van der Waals surface area contributed by atoms with Crippen LogP contribution < -0.4 is 10.0 Å². The number of carbonyl (C=O) groups excluding carboxylic acids is 1. The molecular weight excluding hydrogens is 494 g/mol. The van der Waals surface area contributed by atoms with Crippen molar-refractivity contribution in [2.75, 3.05) is 5.32 Å². The second-order valence-electron chi connectivity index (χ2n) is 9.52. The van der Waals surface area contributed by atoms with Crippen molar-refractivity contribution >= 4 is 27.3 Å². The molecule has 0 spiro atoms. The number of hydrogen-bond acceptors (Lipinski definition) is 6. The summed E-state index contributed by atoms with van der Waals surface area (Å²) in [6.45, 7) is 0. The highest BCUT2D eigenvalue weighted by molar-refractivity contribution is 7.89. The highest BCUT2D eigenvalue weighted by Gasteiger charge is 2.30. The van der Waals surface area contributed by atoms with Crippen LogP contribution in [-0.4, -0.2) is 30.4 Å². The molecule has 1 unspecified atom stereocenters. The predicted octanol–water partition coefficient (Wildman–Crippen LogP) is 3.81. The number of phenols is 1.